The molecule has 2 atom stereocenters. The Hall–Kier alpha value is -2.08. The summed E-state index contributed by atoms with van der Waals surface area (Å²) in [5.74, 6) is 2.82. The molecular weight excluding hydrogens is 270 g/mol. The molecule has 112 valence electrons. The molecule has 0 spiro atoms. The van der Waals surface area contributed by atoms with E-state index in [1.54, 1.807) is 0 Å². The third-order valence-electron chi connectivity index (χ3n) is 3.55. The van der Waals surface area contributed by atoms with Crippen molar-refractivity contribution in [1.29, 1.82) is 0 Å². The number of aromatic nitrogens is 2. The molecule has 1 aromatic heterocycles. The average Bonchev–Trinajstić information content (AvgIpc) is 2.95. The number of nitrogens with zero attached hydrogens (tertiary/aromatic N) is 2. The van der Waals surface area contributed by atoms with E-state index in [4.69, 9.17) is 19.7 Å². The monoisotopic (exact) mass is 289 g/mol. The van der Waals surface area contributed by atoms with Crippen LogP contribution in [0.2, 0.25) is 0 Å². The van der Waals surface area contributed by atoms with Gasteiger partial charge in [0.15, 0.2) is 17.6 Å². The molecule has 0 fully saturated rings. The van der Waals surface area contributed by atoms with Gasteiger partial charge < -0.3 is 19.7 Å². The summed E-state index contributed by atoms with van der Waals surface area (Å²) >= 11 is 0. The third-order valence-corrected chi connectivity index (χ3v) is 3.55. The number of para-hydroxylation sites is 2. The number of ether oxygens (including phenoxy) is 2. The zero-order valence-corrected chi connectivity index (χ0v) is 12.2. The molecule has 1 aromatic carbocycles. The van der Waals surface area contributed by atoms with E-state index in [1.165, 1.54) is 0 Å². The maximum atomic E-state index is 6.02. The van der Waals surface area contributed by atoms with Gasteiger partial charge in [0.1, 0.15) is 6.61 Å². The Kier molecular flexibility index (Phi) is 3.79. The molecule has 3 rings (SSSR count). The average molecular weight is 289 g/mol. The van der Waals surface area contributed by atoms with Crippen LogP contribution in [0, 0.1) is 5.92 Å². The fourth-order valence-corrected chi connectivity index (χ4v) is 2.07. The first-order chi connectivity index (χ1) is 10.1. The summed E-state index contributed by atoms with van der Waals surface area (Å²) in [5.41, 5.74) is 6.02. The minimum atomic E-state index is -0.354. The molecule has 2 unspecified atom stereocenters. The normalized spacial score (nSPS) is 18.8. The first-order valence-electron chi connectivity index (χ1n) is 7.10. The van der Waals surface area contributed by atoms with Crippen molar-refractivity contribution in [1.82, 2.24) is 10.1 Å². The van der Waals surface area contributed by atoms with E-state index >= 15 is 0 Å². The van der Waals surface area contributed by atoms with Crippen molar-refractivity contribution in [3.63, 3.8) is 0 Å². The number of hydrogen-bond acceptors (Lipinski definition) is 6. The van der Waals surface area contributed by atoms with Gasteiger partial charge in [0, 0.05) is 12.5 Å². The molecule has 0 bridgehead atoms. The molecule has 2 aromatic rings. The van der Waals surface area contributed by atoms with Gasteiger partial charge in [0.05, 0.1) is 0 Å². The molecule has 0 saturated carbocycles. The lowest BCUT2D eigenvalue weighted by Gasteiger charge is -2.24. The number of fused-ring (bicyclic) bond motifs is 1. The second-order valence-electron chi connectivity index (χ2n) is 5.52. The van der Waals surface area contributed by atoms with Crippen molar-refractivity contribution >= 4 is 0 Å². The van der Waals surface area contributed by atoms with Crippen molar-refractivity contribution in [2.45, 2.75) is 32.4 Å². The summed E-state index contributed by atoms with van der Waals surface area (Å²) in [7, 11) is 0. The third kappa shape index (κ3) is 3.00. The molecule has 6 heteroatoms. The summed E-state index contributed by atoms with van der Waals surface area (Å²) in [6.45, 7) is 4.50. The minimum absolute atomic E-state index is 0.00236. The van der Waals surface area contributed by atoms with Gasteiger partial charge >= 0.3 is 0 Å². The van der Waals surface area contributed by atoms with Crippen LogP contribution in [-0.4, -0.2) is 22.8 Å². The summed E-state index contributed by atoms with van der Waals surface area (Å²) in [4.78, 5) is 4.37. The molecule has 21 heavy (non-hydrogen) atoms. The van der Waals surface area contributed by atoms with Crippen LogP contribution >= 0.6 is 0 Å². The molecule has 0 aliphatic carbocycles. The molecule has 0 saturated heterocycles. The lowest BCUT2D eigenvalue weighted by molar-refractivity contribution is 0.0832. The van der Waals surface area contributed by atoms with Gasteiger partial charge in [0.25, 0.3) is 0 Å². The van der Waals surface area contributed by atoms with Crippen molar-refractivity contribution in [2.24, 2.45) is 11.7 Å². The van der Waals surface area contributed by atoms with Crippen molar-refractivity contribution in [3.8, 4) is 11.5 Å². The lowest BCUT2D eigenvalue weighted by atomic mass is 10.0. The van der Waals surface area contributed by atoms with Gasteiger partial charge in [-0.1, -0.05) is 31.1 Å². The predicted molar refractivity (Wildman–Crippen MR) is 76.1 cm³/mol. The smallest absolute Gasteiger partial charge is 0.228 e. The number of nitrogens with two attached hydrogens (primary N) is 1. The maximum Gasteiger partial charge on any atom is 0.228 e. The fraction of sp³-hybridized carbons (Fsp3) is 0.467. The second-order valence-corrected chi connectivity index (χ2v) is 5.52. The number of benzene rings is 1. The standard InChI is InChI=1S/C15H19N3O3/c1-9(2)10(16)7-14-17-15(18-21-14)13-8-19-11-5-3-4-6-12(11)20-13/h3-6,9-10,13H,7-8,16H2,1-2H3. The summed E-state index contributed by atoms with van der Waals surface area (Å²) in [5, 5.41) is 3.98. The van der Waals surface area contributed by atoms with E-state index in [2.05, 4.69) is 24.0 Å². The first kappa shape index (κ1) is 13.9. The van der Waals surface area contributed by atoms with Crippen LogP contribution in [0.4, 0.5) is 0 Å². The SMILES string of the molecule is CC(C)C(N)Cc1nc(C2COc3ccccc3O2)no1. The Morgan fingerprint density at radius 1 is 1.29 bits per heavy atom. The molecule has 2 heterocycles. The van der Waals surface area contributed by atoms with Crippen LogP contribution in [-0.2, 0) is 6.42 Å². The molecule has 0 amide bonds. The molecule has 1 aliphatic rings. The van der Waals surface area contributed by atoms with Gasteiger partial charge in [-0.15, -0.1) is 0 Å². The topological polar surface area (TPSA) is 83.4 Å². The highest BCUT2D eigenvalue weighted by Crippen LogP contribution is 2.35. The van der Waals surface area contributed by atoms with E-state index < -0.39 is 0 Å². The Balaban J connectivity index is 1.70. The van der Waals surface area contributed by atoms with Gasteiger partial charge in [0.2, 0.25) is 11.7 Å². The quantitative estimate of drug-likeness (QED) is 0.928. The van der Waals surface area contributed by atoms with Crippen LogP contribution in [0.1, 0.15) is 31.7 Å². The van der Waals surface area contributed by atoms with Gasteiger partial charge in [-0.3, -0.25) is 0 Å². The van der Waals surface area contributed by atoms with Crippen LogP contribution in [0.3, 0.4) is 0 Å². The highest BCUT2D eigenvalue weighted by Gasteiger charge is 2.27. The Morgan fingerprint density at radius 3 is 2.81 bits per heavy atom. The van der Waals surface area contributed by atoms with Crippen LogP contribution in [0.15, 0.2) is 28.8 Å². The van der Waals surface area contributed by atoms with Crippen LogP contribution < -0.4 is 15.2 Å². The van der Waals surface area contributed by atoms with Crippen molar-refractivity contribution in [3.05, 3.63) is 36.0 Å². The van der Waals surface area contributed by atoms with Crippen molar-refractivity contribution in [2.75, 3.05) is 6.61 Å². The lowest BCUT2D eigenvalue weighted by Crippen LogP contribution is -2.29. The van der Waals surface area contributed by atoms with E-state index in [0.717, 1.165) is 5.75 Å². The number of hydrogen-bond donors (Lipinski definition) is 1. The van der Waals surface area contributed by atoms with Gasteiger partial charge in [-0.05, 0) is 18.1 Å². The maximum absolute atomic E-state index is 6.02. The Bertz CT molecular complexity index is 612. The largest absolute Gasteiger partial charge is 0.485 e. The fourth-order valence-electron chi connectivity index (χ4n) is 2.07. The summed E-state index contributed by atoms with van der Waals surface area (Å²) in [6.07, 6.45) is 0.210. The summed E-state index contributed by atoms with van der Waals surface area (Å²) < 4.78 is 16.7. The second kappa shape index (κ2) is 5.73. The summed E-state index contributed by atoms with van der Waals surface area (Å²) in [6, 6.07) is 7.53. The molecule has 1 aliphatic heterocycles. The van der Waals surface area contributed by atoms with E-state index in [-0.39, 0.29) is 12.1 Å². The zero-order chi connectivity index (χ0) is 14.8. The predicted octanol–water partition coefficient (Wildman–Crippen LogP) is 2.11. The number of rotatable bonds is 4. The van der Waals surface area contributed by atoms with Crippen molar-refractivity contribution < 1.29 is 14.0 Å². The molecule has 6 nitrogen and oxygen atoms in total. The zero-order valence-electron chi connectivity index (χ0n) is 12.2. The van der Waals surface area contributed by atoms with E-state index in [1.807, 2.05) is 24.3 Å². The highest BCUT2D eigenvalue weighted by molar-refractivity contribution is 5.40. The molecular formula is C15H19N3O3. The minimum Gasteiger partial charge on any atom is -0.485 e. The molecule has 0 radical (unpaired) electrons. The molecule has 2 N–H and O–H groups in total. The Morgan fingerprint density at radius 2 is 2.05 bits per heavy atom. The Labute approximate surface area is 123 Å². The first-order valence-corrected chi connectivity index (χ1v) is 7.10. The van der Waals surface area contributed by atoms with Gasteiger partial charge in [-0.2, -0.15) is 4.98 Å². The van der Waals surface area contributed by atoms with E-state index in [0.29, 0.717) is 36.4 Å². The van der Waals surface area contributed by atoms with Crippen LogP contribution in [0.25, 0.3) is 0 Å². The highest BCUT2D eigenvalue weighted by atomic mass is 16.6. The van der Waals surface area contributed by atoms with Crippen LogP contribution in [0.5, 0.6) is 11.5 Å². The van der Waals surface area contributed by atoms with Gasteiger partial charge in [-0.25, -0.2) is 0 Å². The van der Waals surface area contributed by atoms with E-state index in [9.17, 15) is 0 Å².